The number of hydrogen-bond donors (Lipinski definition) is 16. The van der Waals surface area contributed by atoms with E-state index >= 15 is 0 Å². The molecule has 4 aliphatic heterocycles. The first-order valence-electron chi connectivity index (χ1n) is 35.8. The summed E-state index contributed by atoms with van der Waals surface area (Å²) in [6, 6.07) is -2.93. The minimum absolute atomic E-state index is 0.124. The van der Waals surface area contributed by atoms with Gasteiger partial charge in [-0.3, -0.25) is 9.59 Å². The second kappa shape index (κ2) is 47.2. The largest absolute Gasteiger partial charge is 0.394 e. The summed E-state index contributed by atoms with van der Waals surface area (Å²) in [5.41, 5.74) is 0. The number of aliphatic hydroxyl groups is 14. The maximum absolute atomic E-state index is 13.7. The van der Waals surface area contributed by atoms with Crippen molar-refractivity contribution in [3.05, 3.63) is 0 Å². The molecule has 24 atom stereocenters. The van der Waals surface area contributed by atoms with Gasteiger partial charge in [-0.2, -0.15) is 0 Å². The van der Waals surface area contributed by atoms with Crippen molar-refractivity contribution in [3.8, 4) is 0 Å². The van der Waals surface area contributed by atoms with E-state index in [0.717, 1.165) is 64.7 Å². The SMILES string of the molecule is CCCCCCCCCCCCCCCCCCCC[C@@H](O)C(=O)N[C@@H](CO[C@H]1O[C@H](CO)[C@H](O)[C@H](O)[C@H]1O[C@H]1O[C@H](CO[C@@H]2O[C@H](CO)[C@H](O)[C@H](O[C@@H]3O[C@@H](C)[C@H](O)[C@@H](O)[C@H]3O)[C@H]2NC(C)=O)[C@H](O)[C@H](O)[C@H]1O)[C@H](O)[C@H](O)CCCCCCCCCCCCCCC. The summed E-state index contributed by atoms with van der Waals surface area (Å²) in [5, 5.41) is 159. The van der Waals surface area contributed by atoms with E-state index in [9.17, 15) is 81.1 Å². The van der Waals surface area contributed by atoms with E-state index in [1.54, 1.807) is 0 Å². The third-order valence-corrected chi connectivity index (χ3v) is 18.8. The molecule has 0 unspecified atom stereocenters. The Kier molecular flexibility index (Phi) is 42.3. The summed E-state index contributed by atoms with van der Waals surface area (Å²) < 4.78 is 47.2. The fraction of sp³-hybridized carbons (Fsp3) is 0.970. The molecule has 0 bridgehead atoms. The molecule has 0 aromatic heterocycles. The molecule has 26 heteroatoms. The van der Waals surface area contributed by atoms with E-state index in [-0.39, 0.29) is 12.8 Å². The van der Waals surface area contributed by atoms with Gasteiger partial charge in [-0.15, -0.1) is 0 Å². The summed E-state index contributed by atoms with van der Waals surface area (Å²) >= 11 is 0. The van der Waals surface area contributed by atoms with Crippen molar-refractivity contribution in [2.45, 2.75) is 387 Å². The van der Waals surface area contributed by atoms with Crippen molar-refractivity contribution in [1.82, 2.24) is 10.6 Å². The van der Waals surface area contributed by atoms with Gasteiger partial charge < -0.3 is 120 Å². The third-order valence-electron chi connectivity index (χ3n) is 18.8. The smallest absolute Gasteiger partial charge is 0.249 e. The van der Waals surface area contributed by atoms with Crippen molar-refractivity contribution >= 4 is 11.8 Å². The molecular formula is C67H126N2O24. The van der Waals surface area contributed by atoms with Gasteiger partial charge in [0.2, 0.25) is 11.8 Å². The zero-order valence-electron chi connectivity index (χ0n) is 56.4. The fourth-order valence-corrected chi connectivity index (χ4v) is 12.8. The summed E-state index contributed by atoms with van der Waals surface area (Å²) in [4.78, 5) is 26.3. The van der Waals surface area contributed by atoms with Gasteiger partial charge in [0.15, 0.2) is 25.2 Å². The number of ether oxygens (including phenoxy) is 8. The number of hydrogen-bond acceptors (Lipinski definition) is 24. The lowest BCUT2D eigenvalue weighted by atomic mass is 9.95. The zero-order chi connectivity index (χ0) is 68.2. The van der Waals surface area contributed by atoms with Crippen LogP contribution >= 0.6 is 0 Å². The van der Waals surface area contributed by atoms with Crippen LogP contribution < -0.4 is 10.6 Å². The van der Waals surface area contributed by atoms with Gasteiger partial charge in [-0.25, -0.2) is 0 Å². The predicted octanol–water partition coefficient (Wildman–Crippen LogP) is 2.93. The Labute approximate surface area is 552 Å². The second-order valence-electron chi connectivity index (χ2n) is 26.7. The molecule has 4 saturated heterocycles. The van der Waals surface area contributed by atoms with Crippen LogP contribution in [0.2, 0.25) is 0 Å². The van der Waals surface area contributed by atoms with Crippen LogP contribution in [0.5, 0.6) is 0 Å². The van der Waals surface area contributed by atoms with Crippen LogP contribution in [0, 0.1) is 0 Å². The van der Waals surface area contributed by atoms with Crippen molar-refractivity contribution in [3.63, 3.8) is 0 Å². The highest BCUT2D eigenvalue weighted by Crippen LogP contribution is 2.34. The minimum Gasteiger partial charge on any atom is -0.394 e. The highest BCUT2D eigenvalue weighted by Gasteiger charge is 2.54. The fourth-order valence-electron chi connectivity index (χ4n) is 12.8. The summed E-state index contributed by atoms with van der Waals surface area (Å²) in [5.74, 6) is -1.55. The molecule has 0 aliphatic carbocycles. The van der Waals surface area contributed by atoms with Gasteiger partial charge >= 0.3 is 0 Å². The van der Waals surface area contributed by atoms with Gasteiger partial charge in [0, 0.05) is 6.92 Å². The Morgan fingerprint density at radius 3 is 1.30 bits per heavy atom. The normalized spacial score (nSPS) is 33.1. The highest BCUT2D eigenvalue weighted by atomic mass is 16.8. The molecule has 4 rings (SSSR count). The molecule has 4 fully saturated rings. The van der Waals surface area contributed by atoms with E-state index in [2.05, 4.69) is 24.5 Å². The number of carbonyl (C=O) groups is 2. The Morgan fingerprint density at radius 2 is 0.828 bits per heavy atom. The number of nitrogens with one attached hydrogen (secondary N) is 2. The predicted molar refractivity (Wildman–Crippen MR) is 341 cm³/mol. The molecule has 93 heavy (non-hydrogen) atoms. The Balaban J connectivity index is 1.40. The summed E-state index contributed by atoms with van der Waals surface area (Å²) in [6.45, 7) is 3.79. The van der Waals surface area contributed by atoms with E-state index in [1.165, 1.54) is 135 Å². The van der Waals surface area contributed by atoms with Crippen molar-refractivity contribution in [2.24, 2.45) is 0 Å². The Bertz CT molecular complexity index is 1920. The van der Waals surface area contributed by atoms with Crippen LogP contribution in [-0.4, -0.2) is 257 Å². The Hall–Kier alpha value is -1.94. The lowest BCUT2D eigenvalue weighted by Crippen LogP contribution is -2.68. The van der Waals surface area contributed by atoms with Crippen LogP contribution in [0.25, 0.3) is 0 Å². The van der Waals surface area contributed by atoms with Crippen LogP contribution in [0.4, 0.5) is 0 Å². The van der Waals surface area contributed by atoms with Crippen LogP contribution in [-0.2, 0) is 47.5 Å². The molecule has 548 valence electrons. The molecule has 0 aromatic rings. The Morgan fingerprint density at radius 1 is 0.430 bits per heavy atom. The molecule has 4 heterocycles. The number of aliphatic hydroxyl groups excluding tert-OH is 14. The van der Waals surface area contributed by atoms with Crippen molar-refractivity contribution < 1.29 is 119 Å². The number of unbranched alkanes of at least 4 members (excludes halogenated alkanes) is 29. The topological polar surface area (TPSA) is 415 Å². The molecule has 0 radical (unpaired) electrons. The average Bonchev–Trinajstić information content (AvgIpc) is 0.813. The maximum atomic E-state index is 13.7. The summed E-state index contributed by atoms with van der Waals surface area (Å²) in [7, 11) is 0. The number of amides is 2. The molecule has 26 nitrogen and oxygen atoms in total. The van der Waals surface area contributed by atoms with Crippen LogP contribution in [0.15, 0.2) is 0 Å². The lowest BCUT2D eigenvalue weighted by Gasteiger charge is -2.48. The van der Waals surface area contributed by atoms with Gasteiger partial charge in [-0.1, -0.05) is 213 Å². The lowest BCUT2D eigenvalue weighted by molar-refractivity contribution is -0.373. The quantitative estimate of drug-likeness (QED) is 0.0389. The van der Waals surface area contributed by atoms with Crippen molar-refractivity contribution in [2.75, 3.05) is 26.4 Å². The average molecular weight is 1340 g/mol. The molecule has 4 aliphatic rings. The van der Waals surface area contributed by atoms with E-state index in [1.807, 2.05) is 0 Å². The first kappa shape index (κ1) is 83.5. The van der Waals surface area contributed by atoms with Crippen LogP contribution in [0.1, 0.15) is 240 Å². The highest BCUT2D eigenvalue weighted by molar-refractivity contribution is 5.80. The van der Waals surface area contributed by atoms with Gasteiger partial charge in [0.25, 0.3) is 0 Å². The monoisotopic (exact) mass is 1340 g/mol. The standard InChI is InChI=1S/C67H126N2O24/c1-5-7-9-11-13-15-17-19-20-21-22-23-25-27-29-31-33-35-37-46(74)63(85)69-44(52(76)45(73)36-34-32-30-28-26-24-18-16-14-12-10-8-6-2)40-86-67-62(58(82)53(77)47(38-70)90-67)93-66-60(84)57(81)54(78)49(91-66)41-87-64-50(68-43(4)72)61(55(79)48(39-71)89-64)92-65-59(83)56(80)51(75)42(3)88-65/h42,44-62,64-67,70-71,73-84H,5-41H2,1-4H3,(H,68,72)(H,69,85)/t42-,44-,45+,46+,47+,48+,49+,50+,51-,52-,53-,54-,55-,56+,57-,58-,59+,60+,61+,62+,64+,65-,66+,67-/m0/s1. The second-order valence-corrected chi connectivity index (χ2v) is 26.7. The van der Waals surface area contributed by atoms with E-state index in [4.69, 9.17) is 37.9 Å². The number of carbonyl (C=O) groups excluding carboxylic acids is 2. The van der Waals surface area contributed by atoms with Crippen LogP contribution in [0.3, 0.4) is 0 Å². The maximum Gasteiger partial charge on any atom is 0.249 e. The number of rotatable bonds is 50. The van der Waals surface area contributed by atoms with E-state index < -0.39 is 185 Å². The first-order chi connectivity index (χ1) is 44.7. The molecule has 0 saturated carbocycles. The molecule has 0 aromatic carbocycles. The molecular weight excluding hydrogens is 1220 g/mol. The van der Waals surface area contributed by atoms with Gasteiger partial charge in [0.1, 0.15) is 104 Å². The molecule has 16 N–H and O–H groups in total. The molecule has 0 spiro atoms. The van der Waals surface area contributed by atoms with E-state index in [0.29, 0.717) is 12.8 Å². The van der Waals surface area contributed by atoms with Gasteiger partial charge in [0.05, 0.1) is 44.7 Å². The zero-order valence-corrected chi connectivity index (χ0v) is 56.4. The van der Waals surface area contributed by atoms with Crippen molar-refractivity contribution in [1.29, 1.82) is 0 Å². The first-order valence-corrected chi connectivity index (χ1v) is 35.8. The minimum atomic E-state index is -2.10. The van der Waals surface area contributed by atoms with Gasteiger partial charge in [-0.05, 0) is 19.8 Å². The third kappa shape index (κ3) is 29.0. The molecule has 2 amide bonds. The summed E-state index contributed by atoms with van der Waals surface area (Å²) in [6.07, 6.45) is -1.95.